The number of hydrogen-bond donors (Lipinski definition) is 1. The predicted molar refractivity (Wildman–Crippen MR) is 79.4 cm³/mol. The van der Waals surface area contributed by atoms with Gasteiger partial charge in [-0.15, -0.1) is 11.8 Å². The van der Waals surface area contributed by atoms with Crippen molar-refractivity contribution in [3.63, 3.8) is 0 Å². The number of hydrogen-bond acceptors (Lipinski definition) is 3. The molecule has 1 aliphatic carbocycles. The first-order chi connectivity index (χ1) is 9.90. The van der Waals surface area contributed by atoms with Crippen LogP contribution in [0.1, 0.15) is 38.7 Å². The normalized spacial score (nSPS) is 26.8. The van der Waals surface area contributed by atoms with Crippen LogP contribution < -0.4 is 5.32 Å². The van der Waals surface area contributed by atoms with E-state index in [1.165, 1.54) is 12.5 Å². The minimum absolute atomic E-state index is 0.373. The molecule has 3 unspecified atom stereocenters. The van der Waals surface area contributed by atoms with E-state index in [-0.39, 0.29) is 0 Å². The molecule has 2 rings (SSSR count). The molecule has 0 saturated heterocycles. The Morgan fingerprint density at radius 2 is 2.10 bits per heavy atom. The monoisotopic (exact) mass is 318 g/mol. The third kappa shape index (κ3) is 4.61. The third-order valence-electron chi connectivity index (χ3n) is 3.86. The number of thioether (sulfide) groups is 1. The van der Waals surface area contributed by atoms with Crippen molar-refractivity contribution >= 4 is 11.8 Å². The first-order valence-electron chi connectivity index (χ1n) is 7.33. The lowest BCUT2D eigenvalue weighted by Crippen LogP contribution is -2.42. The Labute approximate surface area is 127 Å². The highest BCUT2D eigenvalue weighted by molar-refractivity contribution is 7.99. The van der Waals surface area contributed by atoms with Crippen molar-refractivity contribution in [2.24, 2.45) is 5.92 Å². The number of pyridine rings is 1. The van der Waals surface area contributed by atoms with Crippen LogP contribution in [-0.2, 0) is 6.18 Å². The van der Waals surface area contributed by atoms with E-state index in [0.29, 0.717) is 22.2 Å². The maximum Gasteiger partial charge on any atom is 0.417 e. The van der Waals surface area contributed by atoms with Gasteiger partial charge in [-0.25, -0.2) is 4.98 Å². The second-order valence-corrected chi connectivity index (χ2v) is 6.88. The van der Waals surface area contributed by atoms with Gasteiger partial charge in [-0.3, -0.25) is 0 Å². The van der Waals surface area contributed by atoms with Gasteiger partial charge in [0.05, 0.1) is 10.6 Å². The van der Waals surface area contributed by atoms with Crippen LogP contribution in [0.4, 0.5) is 13.2 Å². The molecule has 0 bridgehead atoms. The van der Waals surface area contributed by atoms with Crippen molar-refractivity contribution in [3.05, 3.63) is 23.9 Å². The van der Waals surface area contributed by atoms with Gasteiger partial charge >= 0.3 is 6.18 Å². The zero-order chi connectivity index (χ0) is 15.5. The second-order valence-electron chi connectivity index (χ2n) is 5.62. The van der Waals surface area contributed by atoms with Crippen molar-refractivity contribution < 1.29 is 13.2 Å². The number of nitrogens with one attached hydrogen (secondary N) is 1. The number of halogens is 3. The van der Waals surface area contributed by atoms with E-state index in [1.807, 2.05) is 0 Å². The summed E-state index contributed by atoms with van der Waals surface area (Å²) < 4.78 is 37.6. The number of rotatable bonds is 4. The minimum Gasteiger partial charge on any atom is -0.313 e. The van der Waals surface area contributed by atoms with Crippen molar-refractivity contribution in [1.82, 2.24) is 10.3 Å². The van der Waals surface area contributed by atoms with Gasteiger partial charge in [-0.2, -0.15) is 13.2 Å². The number of aromatic nitrogens is 1. The van der Waals surface area contributed by atoms with E-state index >= 15 is 0 Å². The van der Waals surface area contributed by atoms with Crippen molar-refractivity contribution in [2.75, 3.05) is 6.54 Å². The van der Waals surface area contributed by atoms with E-state index in [0.717, 1.165) is 31.6 Å². The molecule has 1 heterocycles. The molecule has 2 nitrogen and oxygen atoms in total. The summed E-state index contributed by atoms with van der Waals surface area (Å²) in [6.45, 7) is 5.22. The fraction of sp³-hybridized carbons (Fsp3) is 0.667. The maximum atomic E-state index is 12.5. The molecule has 0 radical (unpaired) electrons. The van der Waals surface area contributed by atoms with Crippen molar-refractivity contribution in [1.29, 1.82) is 0 Å². The van der Waals surface area contributed by atoms with Crippen LogP contribution in [0.3, 0.4) is 0 Å². The van der Waals surface area contributed by atoms with Crippen LogP contribution in [0, 0.1) is 5.92 Å². The molecule has 1 aromatic heterocycles. The fourth-order valence-corrected chi connectivity index (χ4v) is 4.12. The van der Waals surface area contributed by atoms with Gasteiger partial charge in [0.15, 0.2) is 0 Å². The molecule has 21 heavy (non-hydrogen) atoms. The van der Waals surface area contributed by atoms with E-state index < -0.39 is 11.7 Å². The summed E-state index contributed by atoms with van der Waals surface area (Å²) in [5, 5.41) is 4.53. The topological polar surface area (TPSA) is 24.9 Å². The number of alkyl halides is 3. The summed E-state index contributed by atoms with van der Waals surface area (Å²) >= 11 is 1.59. The average molecular weight is 318 g/mol. The van der Waals surface area contributed by atoms with Crippen LogP contribution in [0.15, 0.2) is 23.4 Å². The Kier molecular flexibility index (Phi) is 5.54. The standard InChI is InChI=1S/C15H21F3N2S/c1-3-19-12-6-4-10(2)8-13(12)21-14-7-5-11(9-20-14)15(16,17)18/h5,7,9-10,12-13,19H,3-4,6,8H2,1-2H3. The number of nitrogens with zero attached hydrogens (tertiary/aromatic N) is 1. The van der Waals surface area contributed by atoms with Crippen LogP contribution in [-0.4, -0.2) is 22.8 Å². The van der Waals surface area contributed by atoms with Gasteiger partial charge in [0.1, 0.15) is 0 Å². The smallest absolute Gasteiger partial charge is 0.313 e. The first-order valence-corrected chi connectivity index (χ1v) is 8.21. The van der Waals surface area contributed by atoms with Crippen molar-refractivity contribution in [2.45, 2.75) is 55.6 Å². The van der Waals surface area contributed by atoms with Crippen LogP contribution in [0.25, 0.3) is 0 Å². The Bertz CT molecular complexity index is 447. The van der Waals surface area contributed by atoms with Gasteiger partial charge < -0.3 is 5.32 Å². The molecular weight excluding hydrogens is 297 g/mol. The lowest BCUT2D eigenvalue weighted by Gasteiger charge is -2.34. The van der Waals surface area contributed by atoms with Gasteiger partial charge in [0.2, 0.25) is 0 Å². The quantitative estimate of drug-likeness (QED) is 0.893. The van der Waals surface area contributed by atoms with Crippen LogP contribution in [0.2, 0.25) is 0 Å². The molecule has 1 fully saturated rings. The molecule has 1 saturated carbocycles. The van der Waals surface area contributed by atoms with E-state index in [4.69, 9.17) is 0 Å². The molecule has 0 amide bonds. The highest BCUT2D eigenvalue weighted by Gasteiger charge is 2.32. The summed E-state index contributed by atoms with van der Waals surface area (Å²) in [5.74, 6) is 0.659. The Morgan fingerprint density at radius 3 is 2.67 bits per heavy atom. The lowest BCUT2D eigenvalue weighted by molar-refractivity contribution is -0.137. The summed E-state index contributed by atoms with van der Waals surface area (Å²) in [6, 6.07) is 3.01. The Balaban J connectivity index is 2.04. The van der Waals surface area contributed by atoms with Crippen molar-refractivity contribution in [3.8, 4) is 0 Å². The maximum absolute atomic E-state index is 12.5. The molecular formula is C15H21F3N2S. The minimum atomic E-state index is -4.32. The molecule has 3 atom stereocenters. The summed E-state index contributed by atoms with van der Waals surface area (Å²) in [6.07, 6.45) is 0.00616. The molecule has 0 aliphatic heterocycles. The molecule has 1 N–H and O–H groups in total. The largest absolute Gasteiger partial charge is 0.417 e. The van der Waals surface area contributed by atoms with E-state index in [1.54, 1.807) is 11.8 Å². The fourth-order valence-electron chi connectivity index (χ4n) is 2.73. The molecule has 118 valence electrons. The zero-order valence-electron chi connectivity index (χ0n) is 12.3. The van der Waals surface area contributed by atoms with Gasteiger partial charge in [0, 0.05) is 17.5 Å². The van der Waals surface area contributed by atoms with Crippen LogP contribution in [0.5, 0.6) is 0 Å². The van der Waals surface area contributed by atoms with Gasteiger partial charge in [-0.1, -0.05) is 13.8 Å². The summed E-state index contributed by atoms with van der Waals surface area (Å²) in [7, 11) is 0. The zero-order valence-corrected chi connectivity index (χ0v) is 13.1. The summed E-state index contributed by atoms with van der Waals surface area (Å²) in [4.78, 5) is 3.97. The first kappa shape index (κ1) is 16.6. The molecule has 0 aromatic carbocycles. The Hall–Kier alpha value is -0.750. The van der Waals surface area contributed by atoms with Gasteiger partial charge in [-0.05, 0) is 43.9 Å². The molecule has 1 aromatic rings. The van der Waals surface area contributed by atoms with Gasteiger partial charge in [0.25, 0.3) is 0 Å². The average Bonchev–Trinajstić information content (AvgIpc) is 2.42. The molecule has 0 spiro atoms. The molecule has 1 aliphatic rings. The van der Waals surface area contributed by atoms with E-state index in [9.17, 15) is 13.2 Å². The predicted octanol–water partition coefficient (Wildman–Crippen LogP) is 4.36. The summed E-state index contributed by atoms with van der Waals surface area (Å²) in [5.41, 5.74) is -0.688. The molecule has 6 heteroatoms. The second kappa shape index (κ2) is 7.01. The van der Waals surface area contributed by atoms with E-state index in [2.05, 4.69) is 24.1 Å². The SMILES string of the molecule is CCNC1CCC(C)CC1Sc1ccc(C(F)(F)F)cn1. The highest BCUT2D eigenvalue weighted by Crippen LogP contribution is 2.36. The third-order valence-corrected chi connectivity index (χ3v) is 5.16. The highest BCUT2D eigenvalue weighted by atomic mass is 32.2. The lowest BCUT2D eigenvalue weighted by atomic mass is 9.87. The Morgan fingerprint density at radius 1 is 1.33 bits per heavy atom. The van der Waals surface area contributed by atoms with Crippen LogP contribution >= 0.6 is 11.8 Å².